The van der Waals surface area contributed by atoms with Crippen LogP contribution in [0, 0.1) is 0 Å². The van der Waals surface area contributed by atoms with Gasteiger partial charge in [0.15, 0.2) is 0 Å². The van der Waals surface area contributed by atoms with Gasteiger partial charge in [-0.25, -0.2) is 4.21 Å². The zero-order chi connectivity index (χ0) is 13.4. The molecule has 2 N–H and O–H groups in total. The first-order valence-electron chi connectivity index (χ1n) is 6.31. The molecule has 0 saturated heterocycles. The van der Waals surface area contributed by atoms with Gasteiger partial charge in [0.2, 0.25) is 0 Å². The van der Waals surface area contributed by atoms with Crippen molar-refractivity contribution in [3.05, 3.63) is 48.5 Å². The van der Waals surface area contributed by atoms with Crippen molar-refractivity contribution < 1.29 is 4.21 Å². The standard InChI is InChI=1S/C15H16N2OS/c1-11(16)10-17-12-6-2-4-8-14(12)19(18)15-9-5-3-7-13(15)17/h2-9,11H,10,16H2,1H3. The number of rotatable bonds is 2. The summed E-state index contributed by atoms with van der Waals surface area (Å²) in [5.74, 6) is 0. The Hall–Kier alpha value is -1.65. The Morgan fingerprint density at radius 1 is 1.05 bits per heavy atom. The van der Waals surface area contributed by atoms with Crippen molar-refractivity contribution in [1.29, 1.82) is 0 Å². The molecule has 3 nitrogen and oxygen atoms in total. The van der Waals surface area contributed by atoms with E-state index in [0.29, 0.717) is 6.54 Å². The first kappa shape index (κ1) is 12.4. The fourth-order valence-electron chi connectivity index (χ4n) is 2.41. The van der Waals surface area contributed by atoms with Crippen molar-refractivity contribution in [2.45, 2.75) is 22.8 Å². The van der Waals surface area contributed by atoms with Crippen molar-refractivity contribution in [3.8, 4) is 0 Å². The Balaban J connectivity index is 2.20. The van der Waals surface area contributed by atoms with Crippen LogP contribution in [0.25, 0.3) is 0 Å². The first-order valence-corrected chi connectivity index (χ1v) is 7.46. The van der Waals surface area contributed by atoms with Crippen LogP contribution in [0.4, 0.5) is 11.4 Å². The number of nitrogens with two attached hydrogens (primary N) is 1. The Kier molecular flexibility index (Phi) is 3.12. The van der Waals surface area contributed by atoms with E-state index in [1.165, 1.54) is 0 Å². The van der Waals surface area contributed by atoms with Gasteiger partial charge in [0.1, 0.15) is 0 Å². The second-order valence-electron chi connectivity index (χ2n) is 4.79. The van der Waals surface area contributed by atoms with Gasteiger partial charge < -0.3 is 10.6 Å². The Morgan fingerprint density at radius 2 is 1.53 bits per heavy atom. The molecular formula is C15H16N2OS. The fourth-order valence-corrected chi connectivity index (χ4v) is 3.78. The summed E-state index contributed by atoms with van der Waals surface area (Å²) in [6, 6.07) is 15.7. The highest BCUT2D eigenvalue weighted by Crippen LogP contribution is 2.41. The number of anilines is 2. The molecule has 0 spiro atoms. The van der Waals surface area contributed by atoms with Crippen LogP contribution in [-0.2, 0) is 10.8 Å². The number of hydrogen-bond acceptors (Lipinski definition) is 3. The van der Waals surface area contributed by atoms with Crippen LogP contribution in [0.5, 0.6) is 0 Å². The molecule has 0 saturated carbocycles. The van der Waals surface area contributed by atoms with Crippen LogP contribution in [0.2, 0.25) is 0 Å². The van der Waals surface area contributed by atoms with Crippen LogP contribution in [0.3, 0.4) is 0 Å². The van der Waals surface area contributed by atoms with E-state index in [2.05, 4.69) is 4.90 Å². The van der Waals surface area contributed by atoms with Gasteiger partial charge in [-0.3, -0.25) is 0 Å². The minimum atomic E-state index is -1.11. The normalized spacial score (nSPS) is 15.8. The van der Waals surface area contributed by atoms with Gasteiger partial charge in [0.25, 0.3) is 0 Å². The number of benzene rings is 2. The molecule has 1 aliphatic rings. The molecule has 2 aromatic carbocycles. The molecular weight excluding hydrogens is 256 g/mol. The Bertz CT molecular complexity index is 590. The third-order valence-electron chi connectivity index (χ3n) is 3.18. The molecule has 1 aliphatic heterocycles. The SMILES string of the molecule is CC(N)CN1c2ccccc2S(=O)c2ccccc21. The predicted octanol–water partition coefficient (Wildman–Crippen LogP) is 2.65. The Morgan fingerprint density at radius 3 is 2.00 bits per heavy atom. The maximum absolute atomic E-state index is 12.6. The van der Waals surface area contributed by atoms with Crippen LogP contribution in [0.15, 0.2) is 58.3 Å². The third-order valence-corrected chi connectivity index (χ3v) is 4.67. The lowest BCUT2D eigenvalue weighted by atomic mass is 10.2. The lowest BCUT2D eigenvalue weighted by Gasteiger charge is -2.33. The summed E-state index contributed by atoms with van der Waals surface area (Å²) in [4.78, 5) is 3.89. The average Bonchev–Trinajstić information content (AvgIpc) is 2.43. The first-order chi connectivity index (χ1) is 9.18. The van der Waals surface area contributed by atoms with Gasteiger partial charge >= 0.3 is 0 Å². The summed E-state index contributed by atoms with van der Waals surface area (Å²) in [5.41, 5.74) is 7.95. The molecule has 1 heterocycles. The highest BCUT2D eigenvalue weighted by molar-refractivity contribution is 7.85. The van der Waals surface area contributed by atoms with Gasteiger partial charge in [-0.05, 0) is 31.2 Å². The second kappa shape index (κ2) is 4.79. The molecule has 19 heavy (non-hydrogen) atoms. The van der Waals surface area contributed by atoms with Crippen molar-refractivity contribution in [2.24, 2.45) is 5.73 Å². The smallest absolute Gasteiger partial charge is 0.0892 e. The summed E-state index contributed by atoms with van der Waals surface area (Å²) < 4.78 is 12.6. The molecule has 2 aromatic rings. The highest BCUT2D eigenvalue weighted by Gasteiger charge is 2.27. The molecule has 0 amide bonds. The zero-order valence-electron chi connectivity index (χ0n) is 10.7. The minimum Gasteiger partial charge on any atom is -0.338 e. The lowest BCUT2D eigenvalue weighted by molar-refractivity contribution is 0.677. The summed E-state index contributed by atoms with van der Waals surface area (Å²) >= 11 is 0. The van der Waals surface area contributed by atoms with E-state index < -0.39 is 10.8 Å². The highest BCUT2D eigenvalue weighted by atomic mass is 32.2. The van der Waals surface area contributed by atoms with E-state index in [1.807, 2.05) is 55.5 Å². The van der Waals surface area contributed by atoms with Crippen LogP contribution >= 0.6 is 0 Å². The van der Waals surface area contributed by atoms with Crippen molar-refractivity contribution in [3.63, 3.8) is 0 Å². The van der Waals surface area contributed by atoms with Gasteiger partial charge in [0, 0.05) is 12.6 Å². The Labute approximate surface area is 115 Å². The number of fused-ring (bicyclic) bond motifs is 2. The quantitative estimate of drug-likeness (QED) is 0.914. The lowest BCUT2D eigenvalue weighted by Crippen LogP contribution is -2.35. The van der Waals surface area contributed by atoms with E-state index in [0.717, 1.165) is 21.2 Å². The summed E-state index contributed by atoms with van der Waals surface area (Å²) in [7, 11) is -1.11. The molecule has 0 aliphatic carbocycles. The van der Waals surface area contributed by atoms with Crippen molar-refractivity contribution >= 4 is 22.2 Å². The number of nitrogens with zero attached hydrogens (tertiary/aromatic N) is 1. The number of para-hydroxylation sites is 2. The molecule has 4 heteroatoms. The molecule has 0 radical (unpaired) electrons. The van der Waals surface area contributed by atoms with E-state index >= 15 is 0 Å². The largest absolute Gasteiger partial charge is 0.338 e. The summed E-state index contributed by atoms with van der Waals surface area (Å²) in [6.07, 6.45) is 0. The van der Waals surface area contributed by atoms with Gasteiger partial charge in [0.05, 0.1) is 32.0 Å². The molecule has 1 unspecified atom stereocenters. The van der Waals surface area contributed by atoms with Crippen molar-refractivity contribution in [1.82, 2.24) is 0 Å². The summed E-state index contributed by atoms with van der Waals surface area (Å²) in [5, 5.41) is 0. The monoisotopic (exact) mass is 272 g/mol. The average molecular weight is 272 g/mol. The maximum atomic E-state index is 12.6. The molecule has 3 rings (SSSR count). The van der Waals surface area contributed by atoms with E-state index in [4.69, 9.17) is 5.73 Å². The number of hydrogen-bond donors (Lipinski definition) is 1. The molecule has 0 bridgehead atoms. The van der Waals surface area contributed by atoms with Crippen LogP contribution < -0.4 is 10.6 Å². The maximum Gasteiger partial charge on any atom is 0.0892 e. The summed E-state index contributed by atoms with van der Waals surface area (Å²) in [6.45, 7) is 2.70. The van der Waals surface area contributed by atoms with Crippen LogP contribution in [0.1, 0.15) is 6.92 Å². The van der Waals surface area contributed by atoms with Crippen LogP contribution in [-0.4, -0.2) is 16.8 Å². The fraction of sp³-hybridized carbons (Fsp3) is 0.200. The minimum absolute atomic E-state index is 0.0487. The molecule has 98 valence electrons. The third kappa shape index (κ3) is 2.07. The topological polar surface area (TPSA) is 46.3 Å². The molecule has 1 atom stereocenters. The second-order valence-corrected chi connectivity index (χ2v) is 6.21. The molecule has 0 fully saturated rings. The van der Waals surface area contributed by atoms with Gasteiger partial charge in [-0.15, -0.1) is 0 Å². The predicted molar refractivity (Wildman–Crippen MR) is 78.2 cm³/mol. The van der Waals surface area contributed by atoms with E-state index in [1.54, 1.807) is 0 Å². The van der Waals surface area contributed by atoms with E-state index in [-0.39, 0.29) is 6.04 Å². The van der Waals surface area contributed by atoms with Gasteiger partial charge in [-0.2, -0.15) is 0 Å². The zero-order valence-corrected chi connectivity index (χ0v) is 11.6. The van der Waals surface area contributed by atoms with Gasteiger partial charge in [-0.1, -0.05) is 24.3 Å². The molecule has 0 aromatic heterocycles. The van der Waals surface area contributed by atoms with E-state index in [9.17, 15) is 4.21 Å². The van der Waals surface area contributed by atoms with Crippen molar-refractivity contribution in [2.75, 3.05) is 11.4 Å².